The molecule has 0 aliphatic rings. The quantitative estimate of drug-likeness (QED) is 0.920. The van der Waals surface area contributed by atoms with Crippen molar-refractivity contribution in [1.82, 2.24) is 5.32 Å². The Balaban J connectivity index is 2.11. The summed E-state index contributed by atoms with van der Waals surface area (Å²) in [6.45, 7) is -0.0949. The fourth-order valence-corrected chi connectivity index (χ4v) is 2.08. The Kier molecular flexibility index (Phi) is 4.66. The van der Waals surface area contributed by atoms with Crippen molar-refractivity contribution < 1.29 is 13.6 Å². The number of carbonyl (C=O) groups is 1. The minimum atomic E-state index is -0.671. The van der Waals surface area contributed by atoms with Gasteiger partial charge in [0.25, 0.3) is 5.91 Å². The number of carbonyl (C=O) groups excluding carboxylic acids is 1. The van der Waals surface area contributed by atoms with Crippen LogP contribution in [0, 0.1) is 23.0 Å². The molecule has 2 aromatic carbocycles. The highest BCUT2D eigenvalue weighted by Gasteiger charge is 2.14. The summed E-state index contributed by atoms with van der Waals surface area (Å²) in [5.74, 6) is -1.91. The van der Waals surface area contributed by atoms with E-state index in [-0.39, 0.29) is 27.7 Å². The van der Waals surface area contributed by atoms with Gasteiger partial charge in [-0.15, -0.1) is 0 Å². The van der Waals surface area contributed by atoms with Crippen molar-refractivity contribution >= 4 is 21.8 Å². The van der Waals surface area contributed by atoms with Crippen molar-refractivity contribution in [2.24, 2.45) is 0 Å². The number of hydrogen-bond donors (Lipinski definition) is 1. The van der Waals surface area contributed by atoms with Gasteiger partial charge in [0.15, 0.2) is 0 Å². The second-order valence-electron chi connectivity index (χ2n) is 4.20. The molecule has 0 aliphatic heterocycles. The molecule has 2 rings (SSSR count). The summed E-state index contributed by atoms with van der Waals surface area (Å²) in [6.07, 6.45) is 0. The summed E-state index contributed by atoms with van der Waals surface area (Å²) in [5.41, 5.74) is 0.289. The molecule has 0 aliphatic carbocycles. The third kappa shape index (κ3) is 3.44. The van der Waals surface area contributed by atoms with Crippen LogP contribution >= 0.6 is 15.9 Å². The zero-order valence-corrected chi connectivity index (χ0v) is 12.2. The average molecular weight is 351 g/mol. The highest BCUT2D eigenvalue weighted by molar-refractivity contribution is 9.10. The highest BCUT2D eigenvalue weighted by atomic mass is 79.9. The summed E-state index contributed by atoms with van der Waals surface area (Å²) in [4.78, 5) is 11.9. The second kappa shape index (κ2) is 6.46. The molecule has 2 aromatic rings. The molecular weight excluding hydrogens is 342 g/mol. The van der Waals surface area contributed by atoms with Gasteiger partial charge in [0.2, 0.25) is 0 Å². The van der Waals surface area contributed by atoms with Gasteiger partial charge in [0.1, 0.15) is 11.6 Å². The van der Waals surface area contributed by atoms with Gasteiger partial charge in [0, 0.05) is 12.1 Å². The summed E-state index contributed by atoms with van der Waals surface area (Å²) in [6, 6.07) is 10.1. The molecule has 0 spiro atoms. The van der Waals surface area contributed by atoms with Crippen LogP contribution in [0.25, 0.3) is 0 Å². The van der Waals surface area contributed by atoms with E-state index < -0.39 is 17.5 Å². The minimum absolute atomic E-state index is 0.0949. The molecule has 0 bridgehead atoms. The zero-order valence-electron chi connectivity index (χ0n) is 10.7. The molecule has 3 nitrogen and oxygen atoms in total. The molecule has 0 atom stereocenters. The van der Waals surface area contributed by atoms with E-state index in [9.17, 15) is 13.6 Å². The monoisotopic (exact) mass is 350 g/mol. The molecule has 0 unspecified atom stereocenters. The molecule has 0 saturated heterocycles. The zero-order chi connectivity index (χ0) is 15.4. The van der Waals surface area contributed by atoms with Crippen LogP contribution in [0.4, 0.5) is 8.78 Å². The largest absolute Gasteiger partial charge is 0.348 e. The molecule has 6 heteroatoms. The Bertz CT molecular complexity index is 741. The van der Waals surface area contributed by atoms with E-state index in [0.29, 0.717) is 0 Å². The van der Waals surface area contributed by atoms with Crippen LogP contribution in [-0.4, -0.2) is 5.91 Å². The molecular formula is C15H9BrF2N2O. The molecule has 106 valence electrons. The van der Waals surface area contributed by atoms with Crippen LogP contribution in [-0.2, 0) is 6.54 Å². The Labute approximate surface area is 128 Å². The Morgan fingerprint density at radius 1 is 1.29 bits per heavy atom. The van der Waals surface area contributed by atoms with Crippen LogP contribution < -0.4 is 5.32 Å². The molecule has 0 saturated carbocycles. The second-order valence-corrected chi connectivity index (χ2v) is 5.06. The summed E-state index contributed by atoms with van der Waals surface area (Å²) in [5, 5.41) is 11.1. The van der Waals surface area contributed by atoms with Crippen LogP contribution in [0.3, 0.4) is 0 Å². The number of nitrogens with one attached hydrogen (secondary N) is 1. The third-order valence-electron chi connectivity index (χ3n) is 2.82. The molecule has 0 radical (unpaired) electrons. The molecule has 1 N–H and O–H groups in total. The van der Waals surface area contributed by atoms with Crippen molar-refractivity contribution in [2.45, 2.75) is 6.54 Å². The molecule has 0 aromatic heterocycles. The summed E-state index contributed by atoms with van der Waals surface area (Å²) < 4.78 is 27.6. The lowest BCUT2D eigenvalue weighted by Crippen LogP contribution is -2.24. The van der Waals surface area contributed by atoms with Gasteiger partial charge in [-0.05, 0) is 40.2 Å². The topological polar surface area (TPSA) is 52.9 Å². The lowest BCUT2D eigenvalue weighted by Gasteiger charge is -2.08. The van der Waals surface area contributed by atoms with E-state index in [1.54, 1.807) is 0 Å². The average Bonchev–Trinajstić information content (AvgIpc) is 2.48. The SMILES string of the molecule is N#Cc1ccc(CNC(=O)c2cccc(Br)c2F)c(F)c1. The highest BCUT2D eigenvalue weighted by Crippen LogP contribution is 2.18. The fraction of sp³-hybridized carbons (Fsp3) is 0.0667. The van der Waals surface area contributed by atoms with Gasteiger partial charge in [-0.3, -0.25) is 4.79 Å². The molecule has 1 amide bonds. The summed E-state index contributed by atoms with van der Waals surface area (Å²) in [7, 11) is 0. The molecule has 21 heavy (non-hydrogen) atoms. The number of benzene rings is 2. The Hall–Kier alpha value is -2.26. The van der Waals surface area contributed by atoms with Crippen molar-refractivity contribution in [1.29, 1.82) is 5.26 Å². The van der Waals surface area contributed by atoms with Crippen LogP contribution in [0.1, 0.15) is 21.5 Å². The predicted molar refractivity (Wildman–Crippen MR) is 76.4 cm³/mol. The van der Waals surface area contributed by atoms with E-state index in [4.69, 9.17) is 5.26 Å². The van der Waals surface area contributed by atoms with Crippen molar-refractivity contribution in [3.05, 3.63) is 69.2 Å². The first-order chi connectivity index (χ1) is 10.0. The van der Waals surface area contributed by atoms with E-state index in [1.165, 1.54) is 30.3 Å². The first-order valence-electron chi connectivity index (χ1n) is 5.93. The lowest BCUT2D eigenvalue weighted by atomic mass is 10.1. The van der Waals surface area contributed by atoms with Crippen LogP contribution in [0.5, 0.6) is 0 Å². The third-order valence-corrected chi connectivity index (χ3v) is 3.43. The van der Waals surface area contributed by atoms with Gasteiger partial charge in [-0.2, -0.15) is 5.26 Å². The maximum atomic E-state index is 13.7. The van der Waals surface area contributed by atoms with E-state index >= 15 is 0 Å². The number of rotatable bonds is 3. The van der Waals surface area contributed by atoms with Crippen LogP contribution in [0.2, 0.25) is 0 Å². The maximum Gasteiger partial charge on any atom is 0.254 e. The van der Waals surface area contributed by atoms with Crippen molar-refractivity contribution in [3.63, 3.8) is 0 Å². The molecule has 0 heterocycles. The number of nitriles is 1. The van der Waals surface area contributed by atoms with Gasteiger partial charge >= 0.3 is 0 Å². The van der Waals surface area contributed by atoms with Crippen LogP contribution in [0.15, 0.2) is 40.9 Å². The maximum absolute atomic E-state index is 13.7. The smallest absolute Gasteiger partial charge is 0.254 e. The number of hydrogen-bond acceptors (Lipinski definition) is 2. The molecule has 0 fully saturated rings. The van der Waals surface area contributed by atoms with Gasteiger partial charge < -0.3 is 5.32 Å². The van der Waals surface area contributed by atoms with Gasteiger partial charge in [0.05, 0.1) is 21.7 Å². The van der Waals surface area contributed by atoms with E-state index in [1.807, 2.05) is 6.07 Å². The lowest BCUT2D eigenvalue weighted by molar-refractivity contribution is 0.0946. The van der Waals surface area contributed by atoms with Gasteiger partial charge in [-0.25, -0.2) is 8.78 Å². The Morgan fingerprint density at radius 2 is 2.05 bits per heavy atom. The fourth-order valence-electron chi connectivity index (χ4n) is 1.71. The first kappa shape index (κ1) is 15.1. The number of halogens is 3. The number of nitrogens with zero attached hydrogens (tertiary/aromatic N) is 1. The van der Waals surface area contributed by atoms with E-state index in [0.717, 1.165) is 6.07 Å². The van der Waals surface area contributed by atoms with Crippen molar-refractivity contribution in [2.75, 3.05) is 0 Å². The van der Waals surface area contributed by atoms with Crippen molar-refractivity contribution in [3.8, 4) is 6.07 Å². The predicted octanol–water partition coefficient (Wildman–Crippen LogP) is 3.53. The van der Waals surface area contributed by atoms with Gasteiger partial charge in [-0.1, -0.05) is 12.1 Å². The number of amides is 1. The normalized spacial score (nSPS) is 10.0. The van der Waals surface area contributed by atoms with E-state index in [2.05, 4.69) is 21.2 Å². The Morgan fingerprint density at radius 3 is 2.71 bits per heavy atom. The summed E-state index contributed by atoms with van der Waals surface area (Å²) >= 11 is 2.99. The first-order valence-corrected chi connectivity index (χ1v) is 6.73. The standard InChI is InChI=1S/C15H9BrF2N2O/c16-12-3-1-2-11(14(12)18)15(21)20-8-10-5-4-9(7-19)6-13(10)17/h1-6H,8H2,(H,20,21). The minimum Gasteiger partial charge on any atom is -0.348 e.